The fourth-order valence-corrected chi connectivity index (χ4v) is 2.44. The molecule has 1 aliphatic heterocycles. The Morgan fingerprint density at radius 3 is 3.20 bits per heavy atom. The molecule has 2 unspecified atom stereocenters. The van der Waals surface area contributed by atoms with E-state index in [9.17, 15) is 4.79 Å². The van der Waals surface area contributed by atoms with Gasteiger partial charge in [0.25, 0.3) is 5.91 Å². The summed E-state index contributed by atoms with van der Waals surface area (Å²) < 4.78 is 6.98. The van der Waals surface area contributed by atoms with Crippen molar-refractivity contribution in [1.82, 2.24) is 20.4 Å². The second-order valence-electron chi connectivity index (χ2n) is 5.22. The third-order valence-corrected chi connectivity index (χ3v) is 3.68. The van der Waals surface area contributed by atoms with Gasteiger partial charge in [-0.05, 0) is 31.9 Å². The number of nitrogens with one attached hydrogen (secondary N) is 2. The number of amides is 1. The van der Waals surface area contributed by atoms with Crippen LogP contribution in [-0.2, 0) is 4.74 Å². The highest BCUT2D eigenvalue weighted by atomic mass is 16.5. The SMILES string of the molecule is CCC(COC)NC(=O)c1ccn(C2CCCNC2)n1. The highest BCUT2D eigenvalue weighted by Crippen LogP contribution is 2.15. The van der Waals surface area contributed by atoms with Gasteiger partial charge in [-0.25, -0.2) is 0 Å². The van der Waals surface area contributed by atoms with Crippen LogP contribution in [-0.4, -0.2) is 48.5 Å². The molecule has 0 aromatic carbocycles. The van der Waals surface area contributed by atoms with Gasteiger partial charge in [0.2, 0.25) is 0 Å². The van der Waals surface area contributed by atoms with Crippen LogP contribution in [0.3, 0.4) is 0 Å². The van der Waals surface area contributed by atoms with E-state index in [-0.39, 0.29) is 11.9 Å². The van der Waals surface area contributed by atoms with E-state index in [0.717, 1.165) is 32.4 Å². The molecule has 1 amide bonds. The lowest BCUT2D eigenvalue weighted by atomic mass is 10.1. The zero-order valence-electron chi connectivity index (χ0n) is 12.3. The van der Waals surface area contributed by atoms with Crippen LogP contribution in [0.5, 0.6) is 0 Å². The predicted octanol–water partition coefficient (Wildman–Crippen LogP) is 0.962. The van der Waals surface area contributed by atoms with E-state index in [1.807, 2.05) is 17.8 Å². The van der Waals surface area contributed by atoms with Gasteiger partial charge in [0.1, 0.15) is 5.69 Å². The van der Waals surface area contributed by atoms with Crippen molar-refractivity contribution in [3.63, 3.8) is 0 Å². The van der Waals surface area contributed by atoms with Gasteiger partial charge in [0, 0.05) is 19.9 Å². The molecule has 1 aromatic rings. The number of piperidine rings is 1. The summed E-state index contributed by atoms with van der Waals surface area (Å²) in [6.07, 6.45) is 4.99. The highest BCUT2D eigenvalue weighted by molar-refractivity contribution is 5.92. The fraction of sp³-hybridized carbons (Fsp3) is 0.714. The minimum Gasteiger partial charge on any atom is -0.383 e. The Balaban J connectivity index is 1.95. The first-order valence-electron chi connectivity index (χ1n) is 7.30. The Morgan fingerprint density at radius 1 is 1.70 bits per heavy atom. The minimum atomic E-state index is -0.128. The number of rotatable bonds is 6. The second kappa shape index (κ2) is 7.40. The number of carbonyl (C=O) groups excluding carboxylic acids is 1. The van der Waals surface area contributed by atoms with E-state index >= 15 is 0 Å². The van der Waals surface area contributed by atoms with Gasteiger partial charge in [-0.1, -0.05) is 6.92 Å². The van der Waals surface area contributed by atoms with Crippen molar-refractivity contribution in [3.05, 3.63) is 18.0 Å². The molecule has 2 N–H and O–H groups in total. The molecule has 1 aromatic heterocycles. The molecule has 0 bridgehead atoms. The third kappa shape index (κ3) is 3.80. The largest absolute Gasteiger partial charge is 0.383 e. The number of aromatic nitrogens is 2. The van der Waals surface area contributed by atoms with Crippen molar-refractivity contribution in [2.75, 3.05) is 26.8 Å². The average molecular weight is 280 g/mol. The molecule has 1 aliphatic rings. The molecule has 112 valence electrons. The molecule has 2 rings (SSSR count). The van der Waals surface area contributed by atoms with E-state index in [1.54, 1.807) is 13.2 Å². The summed E-state index contributed by atoms with van der Waals surface area (Å²) in [6.45, 7) is 4.54. The molecule has 0 aliphatic carbocycles. The lowest BCUT2D eigenvalue weighted by Crippen LogP contribution is -2.38. The van der Waals surface area contributed by atoms with Crippen molar-refractivity contribution < 1.29 is 9.53 Å². The Hall–Kier alpha value is -1.40. The number of hydrogen-bond donors (Lipinski definition) is 2. The van der Waals surface area contributed by atoms with Crippen molar-refractivity contribution in [1.29, 1.82) is 0 Å². The van der Waals surface area contributed by atoms with Gasteiger partial charge in [-0.3, -0.25) is 9.48 Å². The van der Waals surface area contributed by atoms with E-state index in [0.29, 0.717) is 18.3 Å². The first-order valence-corrected chi connectivity index (χ1v) is 7.30. The molecule has 1 saturated heterocycles. The quantitative estimate of drug-likeness (QED) is 0.814. The van der Waals surface area contributed by atoms with Crippen LogP contribution in [0.4, 0.5) is 0 Å². The van der Waals surface area contributed by atoms with Gasteiger partial charge in [-0.15, -0.1) is 0 Å². The highest BCUT2D eigenvalue weighted by Gasteiger charge is 2.19. The number of methoxy groups -OCH3 is 1. The van der Waals surface area contributed by atoms with Gasteiger partial charge < -0.3 is 15.4 Å². The van der Waals surface area contributed by atoms with E-state index in [1.165, 1.54) is 0 Å². The van der Waals surface area contributed by atoms with E-state index in [4.69, 9.17) is 4.74 Å². The minimum absolute atomic E-state index is 0.0361. The fourth-order valence-electron chi connectivity index (χ4n) is 2.44. The molecular formula is C14H24N4O2. The average Bonchev–Trinajstić information content (AvgIpc) is 2.97. The zero-order valence-corrected chi connectivity index (χ0v) is 12.3. The molecule has 20 heavy (non-hydrogen) atoms. The summed E-state index contributed by atoms with van der Waals surface area (Å²) >= 11 is 0. The number of carbonyl (C=O) groups is 1. The van der Waals surface area contributed by atoms with Gasteiger partial charge >= 0.3 is 0 Å². The molecule has 0 radical (unpaired) electrons. The lowest BCUT2D eigenvalue weighted by molar-refractivity contribution is 0.0888. The van der Waals surface area contributed by atoms with Gasteiger partial charge in [0.05, 0.1) is 18.7 Å². The van der Waals surface area contributed by atoms with Crippen LogP contribution in [0.1, 0.15) is 42.7 Å². The van der Waals surface area contributed by atoms with Crippen LogP contribution in [0.25, 0.3) is 0 Å². The molecule has 1 fully saturated rings. The summed E-state index contributed by atoms with van der Waals surface area (Å²) in [5, 5.41) is 10.7. The van der Waals surface area contributed by atoms with Crippen molar-refractivity contribution in [2.45, 2.75) is 38.3 Å². The third-order valence-electron chi connectivity index (χ3n) is 3.68. The molecule has 6 nitrogen and oxygen atoms in total. The number of nitrogens with zero attached hydrogens (tertiary/aromatic N) is 2. The van der Waals surface area contributed by atoms with Gasteiger partial charge in [0.15, 0.2) is 0 Å². The maximum Gasteiger partial charge on any atom is 0.272 e. The Kier molecular flexibility index (Phi) is 5.55. The van der Waals surface area contributed by atoms with Crippen molar-refractivity contribution in [3.8, 4) is 0 Å². The summed E-state index contributed by atoms with van der Waals surface area (Å²) in [5.74, 6) is -0.128. The maximum atomic E-state index is 12.1. The summed E-state index contributed by atoms with van der Waals surface area (Å²) in [6, 6.07) is 2.17. The lowest BCUT2D eigenvalue weighted by Gasteiger charge is -2.23. The Bertz CT molecular complexity index is 427. The first-order chi connectivity index (χ1) is 9.74. The van der Waals surface area contributed by atoms with Crippen LogP contribution >= 0.6 is 0 Å². The predicted molar refractivity (Wildman–Crippen MR) is 76.8 cm³/mol. The normalized spacial score (nSPS) is 20.6. The zero-order chi connectivity index (χ0) is 14.4. The molecule has 2 atom stereocenters. The number of ether oxygens (including phenoxy) is 1. The van der Waals surface area contributed by atoms with Gasteiger partial charge in [-0.2, -0.15) is 5.10 Å². The molecular weight excluding hydrogens is 256 g/mol. The Labute approximate surface area is 119 Å². The van der Waals surface area contributed by atoms with E-state index < -0.39 is 0 Å². The van der Waals surface area contributed by atoms with Crippen LogP contribution in [0.2, 0.25) is 0 Å². The monoisotopic (exact) mass is 280 g/mol. The maximum absolute atomic E-state index is 12.1. The molecule has 0 saturated carbocycles. The van der Waals surface area contributed by atoms with Crippen LogP contribution in [0, 0.1) is 0 Å². The molecule has 0 spiro atoms. The summed E-state index contributed by atoms with van der Waals surface area (Å²) in [5.41, 5.74) is 0.477. The number of hydrogen-bond acceptors (Lipinski definition) is 4. The smallest absolute Gasteiger partial charge is 0.272 e. The summed E-state index contributed by atoms with van der Waals surface area (Å²) in [4.78, 5) is 12.1. The van der Waals surface area contributed by atoms with Crippen molar-refractivity contribution in [2.24, 2.45) is 0 Å². The van der Waals surface area contributed by atoms with E-state index in [2.05, 4.69) is 15.7 Å². The molecule has 6 heteroatoms. The topological polar surface area (TPSA) is 68.2 Å². The van der Waals surface area contributed by atoms with Crippen molar-refractivity contribution >= 4 is 5.91 Å². The summed E-state index contributed by atoms with van der Waals surface area (Å²) in [7, 11) is 1.64. The molecule has 2 heterocycles. The van der Waals surface area contributed by atoms with Crippen LogP contribution < -0.4 is 10.6 Å². The second-order valence-corrected chi connectivity index (χ2v) is 5.22. The van der Waals surface area contributed by atoms with Crippen LogP contribution in [0.15, 0.2) is 12.3 Å². The first kappa shape index (κ1) is 15.0. The Morgan fingerprint density at radius 2 is 2.55 bits per heavy atom. The standard InChI is InChI=1S/C14H24N4O2/c1-3-11(10-20-2)16-14(19)13-6-8-18(17-13)12-5-4-7-15-9-12/h6,8,11-12,15H,3-5,7,9-10H2,1-2H3,(H,16,19).